The number of aromatic hydroxyl groups is 1. The summed E-state index contributed by atoms with van der Waals surface area (Å²) in [6.45, 7) is 0. The van der Waals surface area contributed by atoms with E-state index in [9.17, 15) is 20.1 Å². The van der Waals surface area contributed by atoms with Gasteiger partial charge in [-0.05, 0) is 17.7 Å². The van der Waals surface area contributed by atoms with Crippen LogP contribution in [0.2, 0.25) is 0 Å². The van der Waals surface area contributed by atoms with E-state index >= 15 is 0 Å². The number of methoxy groups -OCH3 is 1. The number of hydrogen-bond acceptors (Lipinski definition) is 5. The second-order valence-electron chi connectivity index (χ2n) is 3.45. The molecule has 2 unspecified atom stereocenters. The summed E-state index contributed by atoms with van der Waals surface area (Å²) in [7, 11) is 1.32. The molecular weight excluding hydrogens is 248 g/mol. The van der Waals surface area contributed by atoms with Crippen molar-refractivity contribution in [1.82, 2.24) is 0 Å². The highest BCUT2D eigenvalue weighted by Gasteiger charge is 2.20. The van der Waals surface area contributed by atoms with Crippen LogP contribution in [0.25, 0.3) is 0 Å². The minimum Gasteiger partial charge on any atom is -0.504 e. The number of aliphatic hydroxyl groups excluding tert-OH is 2. The van der Waals surface area contributed by atoms with Gasteiger partial charge in [-0.15, -0.1) is 11.6 Å². The Morgan fingerprint density at radius 1 is 1.47 bits per heavy atom. The van der Waals surface area contributed by atoms with Gasteiger partial charge in [-0.25, -0.2) is 0 Å². The number of ether oxygens (including phenoxy) is 1. The van der Waals surface area contributed by atoms with E-state index in [1.165, 1.54) is 19.2 Å². The van der Waals surface area contributed by atoms with Gasteiger partial charge in [-0.1, -0.05) is 0 Å². The smallest absolute Gasteiger partial charge is 0.168 e. The van der Waals surface area contributed by atoms with E-state index in [2.05, 4.69) is 0 Å². The van der Waals surface area contributed by atoms with Crippen LogP contribution in [0.15, 0.2) is 12.1 Å². The monoisotopic (exact) mass is 260 g/mol. The van der Waals surface area contributed by atoms with Crippen LogP contribution in [0.1, 0.15) is 22.0 Å². The zero-order valence-electron chi connectivity index (χ0n) is 9.13. The number of aliphatic hydroxyl groups is 2. The molecule has 0 spiro atoms. The molecule has 0 saturated heterocycles. The van der Waals surface area contributed by atoms with Gasteiger partial charge < -0.3 is 20.1 Å². The first-order valence-corrected chi connectivity index (χ1v) is 5.36. The molecule has 0 aliphatic rings. The maximum atomic E-state index is 10.7. The molecule has 0 amide bonds. The summed E-state index contributed by atoms with van der Waals surface area (Å²) in [4.78, 5) is 10.7. The Balaban J connectivity index is 3.21. The van der Waals surface area contributed by atoms with Crippen molar-refractivity contribution in [1.29, 1.82) is 0 Å². The van der Waals surface area contributed by atoms with Crippen LogP contribution in [0, 0.1) is 0 Å². The van der Waals surface area contributed by atoms with E-state index in [4.69, 9.17) is 16.3 Å². The summed E-state index contributed by atoms with van der Waals surface area (Å²) in [6.07, 6.45) is -1.98. The Morgan fingerprint density at radius 3 is 2.59 bits per heavy atom. The van der Waals surface area contributed by atoms with E-state index in [1.807, 2.05) is 0 Å². The third-order valence-corrected chi connectivity index (χ3v) is 2.65. The predicted molar refractivity (Wildman–Crippen MR) is 61.7 cm³/mol. The van der Waals surface area contributed by atoms with Gasteiger partial charge in [0.1, 0.15) is 6.10 Å². The quantitative estimate of drug-likeness (QED) is 0.540. The molecule has 94 valence electrons. The molecule has 1 aromatic carbocycles. The summed E-state index contributed by atoms with van der Waals surface area (Å²) in [5.74, 6) is -0.412. The van der Waals surface area contributed by atoms with Crippen LogP contribution in [-0.4, -0.2) is 40.7 Å². The number of alkyl halides is 1. The highest BCUT2D eigenvalue weighted by Crippen LogP contribution is 2.33. The Labute approximate surface area is 103 Å². The van der Waals surface area contributed by atoms with Gasteiger partial charge in [-0.3, -0.25) is 4.79 Å². The van der Waals surface area contributed by atoms with Crippen molar-refractivity contribution in [2.75, 3.05) is 13.0 Å². The highest BCUT2D eigenvalue weighted by molar-refractivity contribution is 6.18. The fourth-order valence-electron chi connectivity index (χ4n) is 1.37. The zero-order valence-corrected chi connectivity index (χ0v) is 9.89. The molecule has 0 saturated carbocycles. The van der Waals surface area contributed by atoms with Crippen LogP contribution >= 0.6 is 11.6 Å². The van der Waals surface area contributed by atoms with Crippen molar-refractivity contribution in [3.05, 3.63) is 23.3 Å². The van der Waals surface area contributed by atoms with Gasteiger partial charge >= 0.3 is 0 Å². The normalized spacial score (nSPS) is 14.1. The maximum Gasteiger partial charge on any atom is 0.168 e. The van der Waals surface area contributed by atoms with Gasteiger partial charge in [0, 0.05) is 0 Å². The molecular formula is C11H13ClO5. The summed E-state index contributed by atoms with van der Waals surface area (Å²) < 4.78 is 4.86. The molecule has 0 aliphatic heterocycles. The molecule has 0 aliphatic carbocycles. The molecule has 0 fully saturated rings. The van der Waals surface area contributed by atoms with Crippen molar-refractivity contribution in [3.8, 4) is 11.5 Å². The predicted octanol–water partition coefficient (Wildman–Crippen LogP) is 0.846. The molecule has 3 N–H and O–H groups in total. The lowest BCUT2D eigenvalue weighted by atomic mass is 10.0. The summed E-state index contributed by atoms with van der Waals surface area (Å²) in [6, 6.07) is 2.61. The second kappa shape index (κ2) is 5.86. The molecule has 5 nitrogen and oxygen atoms in total. The SMILES string of the molecule is COc1cc(C(O)C(O)CCl)cc(C=O)c1O. The van der Waals surface area contributed by atoms with E-state index in [0.717, 1.165) is 0 Å². The molecule has 1 aromatic rings. The number of hydrogen-bond donors (Lipinski definition) is 3. The first-order valence-electron chi connectivity index (χ1n) is 4.83. The number of phenols is 1. The Morgan fingerprint density at radius 2 is 2.12 bits per heavy atom. The van der Waals surface area contributed by atoms with Gasteiger partial charge in [0.15, 0.2) is 17.8 Å². The number of aldehydes is 1. The average molecular weight is 261 g/mol. The van der Waals surface area contributed by atoms with Crippen molar-refractivity contribution in [2.24, 2.45) is 0 Å². The number of benzene rings is 1. The molecule has 0 bridgehead atoms. The van der Waals surface area contributed by atoms with Crippen LogP contribution in [0.4, 0.5) is 0 Å². The molecule has 17 heavy (non-hydrogen) atoms. The Kier molecular flexibility index (Phi) is 4.74. The lowest BCUT2D eigenvalue weighted by Gasteiger charge is -2.17. The molecule has 6 heteroatoms. The lowest BCUT2D eigenvalue weighted by Crippen LogP contribution is -2.19. The number of phenolic OH excluding ortho intramolecular Hbond substituents is 1. The van der Waals surface area contributed by atoms with Gasteiger partial charge in [0.05, 0.1) is 24.7 Å². The van der Waals surface area contributed by atoms with Gasteiger partial charge in [0.25, 0.3) is 0 Å². The summed E-state index contributed by atoms with van der Waals surface area (Å²) >= 11 is 5.42. The highest BCUT2D eigenvalue weighted by atomic mass is 35.5. The number of carbonyl (C=O) groups excluding carboxylic acids is 1. The number of rotatable bonds is 5. The molecule has 1 rings (SSSR count). The van der Waals surface area contributed by atoms with E-state index in [1.54, 1.807) is 0 Å². The van der Waals surface area contributed by atoms with Crippen molar-refractivity contribution in [2.45, 2.75) is 12.2 Å². The average Bonchev–Trinajstić information content (AvgIpc) is 2.37. The first-order chi connectivity index (χ1) is 8.04. The topological polar surface area (TPSA) is 87.0 Å². The molecule has 0 aromatic heterocycles. The van der Waals surface area contributed by atoms with Crippen LogP contribution in [0.5, 0.6) is 11.5 Å². The van der Waals surface area contributed by atoms with Crippen molar-refractivity contribution >= 4 is 17.9 Å². The standard InChI is InChI=1S/C11H13ClO5/c1-17-9-3-6(10(15)8(14)4-12)2-7(5-13)11(9)16/h2-3,5,8,10,14-16H,4H2,1H3. The van der Waals surface area contributed by atoms with Crippen LogP contribution in [0.3, 0.4) is 0 Å². The third kappa shape index (κ3) is 2.88. The molecule has 2 atom stereocenters. The second-order valence-corrected chi connectivity index (χ2v) is 3.75. The van der Waals surface area contributed by atoms with Gasteiger partial charge in [0.2, 0.25) is 0 Å². The zero-order chi connectivity index (χ0) is 13.0. The minimum atomic E-state index is -1.25. The van der Waals surface area contributed by atoms with Crippen molar-refractivity contribution in [3.63, 3.8) is 0 Å². The Bertz CT molecular complexity index is 407. The largest absolute Gasteiger partial charge is 0.504 e. The van der Waals surface area contributed by atoms with Gasteiger partial charge in [-0.2, -0.15) is 0 Å². The van der Waals surface area contributed by atoms with E-state index in [-0.39, 0.29) is 28.5 Å². The minimum absolute atomic E-state index is 0.0276. The maximum absolute atomic E-state index is 10.7. The number of carbonyl (C=O) groups is 1. The van der Waals surface area contributed by atoms with E-state index < -0.39 is 12.2 Å². The number of halogens is 1. The fourth-order valence-corrected chi connectivity index (χ4v) is 1.54. The lowest BCUT2D eigenvalue weighted by molar-refractivity contribution is 0.0325. The third-order valence-electron chi connectivity index (χ3n) is 2.34. The van der Waals surface area contributed by atoms with Crippen LogP contribution < -0.4 is 4.74 Å². The van der Waals surface area contributed by atoms with Crippen molar-refractivity contribution < 1.29 is 24.9 Å². The summed E-state index contributed by atoms with van der Waals surface area (Å²) in [5, 5.41) is 28.7. The first kappa shape index (κ1) is 13.8. The molecule has 0 radical (unpaired) electrons. The van der Waals surface area contributed by atoms with E-state index in [0.29, 0.717) is 6.29 Å². The fraction of sp³-hybridized carbons (Fsp3) is 0.364. The molecule has 0 heterocycles. The summed E-state index contributed by atoms with van der Waals surface area (Å²) in [5.41, 5.74) is 0.218. The Hall–Kier alpha value is -1.30. The van der Waals surface area contributed by atoms with Crippen LogP contribution in [-0.2, 0) is 0 Å².